The van der Waals surface area contributed by atoms with Crippen molar-refractivity contribution >= 4 is 11.9 Å². The van der Waals surface area contributed by atoms with Gasteiger partial charge in [0.1, 0.15) is 0 Å². The standard InChI is InChI=1S/C18H30N4O2/c1-14(2)13-24-10-6-9-21-18(20-4)22-12-15-7-5-8-16(11-15)17(23)19-3/h5,7-8,11,14H,6,9-10,12-13H2,1-4H3,(H,19,23)(H2,20,21,22). The van der Waals surface area contributed by atoms with Gasteiger partial charge in [-0.3, -0.25) is 9.79 Å². The Kier molecular flexibility index (Phi) is 9.53. The van der Waals surface area contributed by atoms with E-state index >= 15 is 0 Å². The zero-order valence-electron chi connectivity index (χ0n) is 15.2. The monoisotopic (exact) mass is 334 g/mol. The number of rotatable bonds is 9. The maximum atomic E-state index is 11.7. The summed E-state index contributed by atoms with van der Waals surface area (Å²) in [5.41, 5.74) is 1.68. The first-order valence-corrected chi connectivity index (χ1v) is 8.40. The van der Waals surface area contributed by atoms with Crippen LogP contribution in [0, 0.1) is 5.92 Å². The Morgan fingerprint density at radius 2 is 2.08 bits per heavy atom. The Labute approximate surface area is 145 Å². The van der Waals surface area contributed by atoms with Gasteiger partial charge in [-0.1, -0.05) is 26.0 Å². The molecule has 0 saturated carbocycles. The molecule has 1 amide bonds. The summed E-state index contributed by atoms with van der Waals surface area (Å²) >= 11 is 0. The molecule has 1 rings (SSSR count). The lowest BCUT2D eigenvalue weighted by molar-refractivity contribution is 0.0963. The summed E-state index contributed by atoms with van der Waals surface area (Å²) in [6.07, 6.45) is 0.930. The number of nitrogens with one attached hydrogen (secondary N) is 3. The maximum Gasteiger partial charge on any atom is 0.251 e. The Hall–Kier alpha value is -2.08. The van der Waals surface area contributed by atoms with Crippen molar-refractivity contribution in [2.45, 2.75) is 26.8 Å². The molecule has 1 aromatic carbocycles. The molecule has 0 aromatic heterocycles. The molecule has 0 fully saturated rings. The van der Waals surface area contributed by atoms with Gasteiger partial charge in [0.2, 0.25) is 0 Å². The van der Waals surface area contributed by atoms with Crippen LogP contribution in [-0.4, -0.2) is 45.7 Å². The van der Waals surface area contributed by atoms with E-state index in [9.17, 15) is 4.79 Å². The summed E-state index contributed by atoms with van der Waals surface area (Å²) in [6, 6.07) is 7.53. The first kappa shape index (κ1) is 20.0. The van der Waals surface area contributed by atoms with E-state index in [0.29, 0.717) is 18.0 Å². The van der Waals surface area contributed by atoms with Gasteiger partial charge in [0.15, 0.2) is 5.96 Å². The minimum atomic E-state index is -0.0826. The zero-order chi connectivity index (χ0) is 17.8. The number of hydrogen-bond acceptors (Lipinski definition) is 3. The van der Waals surface area contributed by atoms with Gasteiger partial charge in [0.25, 0.3) is 5.91 Å². The summed E-state index contributed by atoms with van der Waals surface area (Å²) < 4.78 is 5.55. The topological polar surface area (TPSA) is 74.8 Å². The summed E-state index contributed by atoms with van der Waals surface area (Å²) in [6.45, 7) is 7.24. The molecule has 3 N–H and O–H groups in total. The second-order valence-corrected chi connectivity index (χ2v) is 5.95. The van der Waals surface area contributed by atoms with E-state index in [4.69, 9.17) is 4.74 Å². The Bertz CT molecular complexity index is 530. The predicted molar refractivity (Wildman–Crippen MR) is 98.3 cm³/mol. The van der Waals surface area contributed by atoms with Crippen LogP contribution < -0.4 is 16.0 Å². The quantitative estimate of drug-likeness (QED) is 0.365. The van der Waals surface area contributed by atoms with Crippen molar-refractivity contribution in [3.8, 4) is 0 Å². The molecule has 0 unspecified atom stereocenters. The molecular weight excluding hydrogens is 304 g/mol. The van der Waals surface area contributed by atoms with Crippen molar-refractivity contribution in [3.05, 3.63) is 35.4 Å². The lowest BCUT2D eigenvalue weighted by atomic mass is 10.1. The predicted octanol–water partition coefficient (Wildman–Crippen LogP) is 1.77. The average Bonchev–Trinajstić information content (AvgIpc) is 2.59. The second kappa shape index (κ2) is 11.5. The van der Waals surface area contributed by atoms with Gasteiger partial charge < -0.3 is 20.7 Å². The number of nitrogens with zero attached hydrogens (tertiary/aromatic N) is 1. The van der Waals surface area contributed by atoms with E-state index in [2.05, 4.69) is 34.8 Å². The van der Waals surface area contributed by atoms with E-state index in [1.807, 2.05) is 18.2 Å². The molecule has 0 aliphatic rings. The highest BCUT2D eigenvalue weighted by atomic mass is 16.5. The van der Waals surface area contributed by atoms with E-state index in [1.54, 1.807) is 20.2 Å². The van der Waals surface area contributed by atoms with E-state index in [1.165, 1.54) is 0 Å². The highest BCUT2D eigenvalue weighted by molar-refractivity contribution is 5.94. The first-order valence-electron chi connectivity index (χ1n) is 8.40. The van der Waals surface area contributed by atoms with Gasteiger partial charge in [-0.25, -0.2) is 0 Å². The van der Waals surface area contributed by atoms with Crippen LogP contribution in [0.25, 0.3) is 0 Å². The number of amides is 1. The molecule has 0 aliphatic carbocycles. The molecule has 134 valence electrons. The largest absolute Gasteiger partial charge is 0.381 e. The molecule has 0 saturated heterocycles. The third-order valence-electron chi connectivity index (χ3n) is 3.31. The van der Waals surface area contributed by atoms with Gasteiger partial charge in [0.05, 0.1) is 0 Å². The van der Waals surface area contributed by atoms with Crippen LogP contribution in [0.1, 0.15) is 36.2 Å². The van der Waals surface area contributed by atoms with E-state index < -0.39 is 0 Å². The number of carbonyl (C=O) groups excluding carboxylic acids is 1. The Balaban J connectivity index is 2.32. The fourth-order valence-electron chi connectivity index (χ4n) is 2.07. The van der Waals surface area contributed by atoms with Gasteiger partial charge in [-0.15, -0.1) is 0 Å². The minimum absolute atomic E-state index is 0.0826. The molecule has 6 heteroatoms. The van der Waals surface area contributed by atoms with Crippen LogP contribution >= 0.6 is 0 Å². The molecule has 0 bridgehead atoms. The summed E-state index contributed by atoms with van der Waals surface area (Å²) in [5, 5.41) is 9.13. The lowest BCUT2D eigenvalue weighted by Crippen LogP contribution is -2.37. The van der Waals surface area contributed by atoms with Crippen molar-refractivity contribution in [2.24, 2.45) is 10.9 Å². The van der Waals surface area contributed by atoms with Crippen molar-refractivity contribution < 1.29 is 9.53 Å². The Morgan fingerprint density at radius 3 is 2.75 bits per heavy atom. The third-order valence-corrected chi connectivity index (χ3v) is 3.31. The van der Waals surface area contributed by atoms with Gasteiger partial charge in [-0.2, -0.15) is 0 Å². The molecule has 0 atom stereocenters. The van der Waals surface area contributed by atoms with Crippen LogP contribution in [0.3, 0.4) is 0 Å². The molecule has 0 spiro atoms. The van der Waals surface area contributed by atoms with Crippen LogP contribution in [0.15, 0.2) is 29.3 Å². The number of carbonyl (C=O) groups is 1. The number of ether oxygens (including phenoxy) is 1. The van der Waals surface area contributed by atoms with E-state index in [0.717, 1.165) is 37.7 Å². The van der Waals surface area contributed by atoms with Crippen molar-refractivity contribution in [1.29, 1.82) is 0 Å². The number of hydrogen-bond donors (Lipinski definition) is 3. The van der Waals surface area contributed by atoms with Crippen LogP contribution in [-0.2, 0) is 11.3 Å². The number of aliphatic imine (C=N–C) groups is 1. The normalized spacial score (nSPS) is 11.5. The number of guanidine groups is 1. The van der Waals surface area contributed by atoms with Crippen LogP contribution in [0.2, 0.25) is 0 Å². The van der Waals surface area contributed by atoms with Crippen molar-refractivity contribution in [2.75, 3.05) is 33.9 Å². The van der Waals surface area contributed by atoms with Crippen molar-refractivity contribution in [3.63, 3.8) is 0 Å². The minimum Gasteiger partial charge on any atom is -0.381 e. The third kappa shape index (κ3) is 7.97. The molecule has 0 radical (unpaired) electrons. The lowest BCUT2D eigenvalue weighted by Gasteiger charge is -2.13. The van der Waals surface area contributed by atoms with E-state index in [-0.39, 0.29) is 5.91 Å². The van der Waals surface area contributed by atoms with Gasteiger partial charge in [-0.05, 0) is 30.0 Å². The molecular formula is C18H30N4O2. The molecule has 1 aromatic rings. The van der Waals surface area contributed by atoms with Crippen LogP contribution in [0.5, 0.6) is 0 Å². The second-order valence-electron chi connectivity index (χ2n) is 5.95. The summed E-state index contributed by atoms with van der Waals surface area (Å²) in [4.78, 5) is 15.8. The highest BCUT2D eigenvalue weighted by Gasteiger charge is 2.04. The number of benzene rings is 1. The first-order chi connectivity index (χ1) is 11.6. The summed E-state index contributed by atoms with van der Waals surface area (Å²) in [5.74, 6) is 1.22. The fourth-order valence-corrected chi connectivity index (χ4v) is 2.07. The Morgan fingerprint density at radius 1 is 1.29 bits per heavy atom. The summed E-state index contributed by atoms with van der Waals surface area (Å²) in [7, 11) is 3.37. The zero-order valence-corrected chi connectivity index (χ0v) is 15.2. The average molecular weight is 334 g/mol. The molecule has 0 heterocycles. The van der Waals surface area contributed by atoms with Crippen molar-refractivity contribution in [1.82, 2.24) is 16.0 Å². The molecule has 24 heavy (non-hydrogen) atoms. The smallest absolute Gasteiger partial charge is 0.251 e. The van der Waals surface area contributed by atoms with Gasteiger partial charge in [0, 0.05) is 46.0 Å². The SMILES string of the molecule is CN=C(NCCCOCC(C)C)NCc1cccc(C(=O)NC)c1. The van der Waals surface area contributed by atoms with Crippen LogP contribution in [0.4, 0.5) is 0 Å². The molecule has 6 nitrogen and oxygen atoms in total. The van der Waals surface area contributed by atoms with Gasteiger partial charge >= 0.3 is 0 Å². The maximum absolute atomic E-state index is 11.7. The highest BCUT2D eigenvalue weighted by Crippen LogP contribution is 2.05. The fraction of sp³-hybridized carbons (Fsp3) is 0.556. The molecule has 0 aliphatic heterocycles.